The molecule has 0 unspecified atom stereocenters. The second-order valence-corrected chi connectivity index (χ2v) is 10.6. The van der Waals surface area contributed by atoms with E-state index in [0.717, 1.165) is 40.5 Å². The predicted molar refractivity (Wildman–Crippen MR) is 135 cm³/mol. The SMILES string of the molecule is CC(=O)Nc1cc(Oc2ccc3nc(Nc4nc5c(s4)CC(C)(C)CC5)n(C)c3c2C)ccn1. The first-order valence-corrected chi connectivity index (χ1v) is 12.1. The highest BCUT2D eigenvalue weighted by Gasteiger charge is 2.28. The van der Waals surface area contributed by atoms with Gasteiger partial charge in [0, 0.05) is 36.7 Å². The summed E-state index contributed by atoms with van der Waals surface area (Å²) in [6.07, 6.45) is 4.88. The van der Waals surface area contributed by atoms with Gasteiger partial charge in [0.05, 0.1) is 16.7 Å². The fraction of sp³-hybridized carbons (Fsp3) is 0.360. The van der Waals surface area contributed by atoms with Crippen LogP contribution in [-0.2, 0) is 24.7 Å². The van der Waals surface area contributed by atoms with E-state index in [9.17, 15) is 4.79 Å². The molecule has 0 spiro atoms. The fourth-order valence-corrected chi connectivity index (χ4v) is 5.65. The van der Waals surface area contributed by atoms with Crippen LogP contribution >= 0.6 is 11.3 Å². The number of thiazole rings is 1. The maximum Gasteiger partial charge on any atom is 0.222 e. The van der Waals surface area contributed by atoms with Crippen LogP contribution in [0.5, 0.6) is 11.5 Å². The summed E-state index contributed by atoms with van der Waals surface area (Å²) in [5, 5.41) is 7.00. The van der Waals surface area contributed by atoms with Crippen LogP contribution in [0.1, 0.15) is 43.3 Å². The summed E-state index contributed by atoms with van der Waals surface area (Å²) in [7, 11) is 1.99. The molecule has 0 atom stereocenters. The zero-order valence-electron chi connectivity index (χ0n) is 20.0. The molecule has 0 aliphatic heterocycles. The molecule has 0 saturated heterocycles. The molecule has 5 rings (SSSR count). The third-order valence-corrected chi connectivity index (χ3v) is 7.19. The Balaban J connectivity index is 1.42. The Bertz CT molecular complexity index is 1400. The lowest BCUT2D eigenvalue weighted by molar-refractivity contribution is -0.114. The molecule has 176 valence electrons. The topological polar surface area (TPSA) is 94.0 Å². The van der Waals surface area contributed by atoms with Gasteiger partial charge in [-0.15, -0.1) is 11.3 Å². The Hall–Kier alpha value is -3.46. The number of carbonyl (C=O) groups excluding carboxylic acids is 1. The second kappa shape index (κ2) is 8.39. The minimum absolute atomic E-state index is 0.179. The molecule has 9 heteroatoms. The number of hydrogen-bond acceptors (Lipinski definition) is 7. The van der Waals surface area contributed by atoms with Gasteiger partial charge in [-0.2, -0.15) is 0 Å². The monoisotopic (exact) mass is 476 g/mol. The molecule has 0 bridgehead atoms. The number of rotatable bonds is 5. The first-order valence-electron chi connectivity index (χ1n) is 11.3. The minimum Gasteiger partial charge on any atom is -0.457 e. The molecule has 1 amide bonds. The number of aryl methyl sites for hydroxylation is 3. The quantitative estimate of drug-likeness (QED) is 0.381. The van der Waals surface area contributed by atoms with Crippen molar-refractivity contribution in [2.75, 3.05) is 10.6 Å². The number of pyridine rings is 1. The van der Waals surface area contributed by atoms with E-state index in [1.165, 1.54) is 23.9 Å². The van der Waals surface area contributed by atoms with E-state index < -0.39 is 0 Å². The van der Waals surface area contributed by atoms with Crippen molar-refractivity contribution in [2.24, 2.45) is 12.5 Å². The summed E-state index contributed by atoms with van der Waals surface area (Å²) in [5.74, 6) is 2.33. The highest BCUT2D eigenvalue weighted by atomic mass is 32.1. The van der Waals surface area contributed by atoms with Gasteiger partial charge in [0.2, 0.25) is 11.9 Å². The molecule has 1 aliphatic carbocycles. The van der Waals surface area contributed by atoms with Gasteiger partial charge in [-0.1, -0.05) is 13.8 Å². The van der Waals surface area contributed by atoms with Gasteiger partial charge >= 0.3 is 0 Å². The van der Waals surface area contributed by atoms with Crippen LogP contribution in [0.3, 0.4) is 0 Å². The lowest BCUT2D eigenvalue weighted by atomic mass is 9.79. The van der Waals surface area contributed by atoms with Crippen LogP contribution in [0.15, 0.2) is 30.5 Å². The first-order chi connectivity index (χ1) is 16.2. The average Bonchev–Trinajstić information content (AvgIpc) is 3.29. The number of benzene rings is 1. The van der Waals surface area contributed by atoms with Crippen LogP contribution in [-0.4, -0.2) is 25.4 Å². The highest BCUT2D eigenvalue weighted by Crippen LogP contribution is 2.40. The van der Waals surface area contributed by atoms with Crippen LogP contribution < -0.4 is 15.4 Å². The van der Waals surface area contributed by atoms with Crippen molar-refractivity contribution in [2.45, 2.75) is 47.0 Å². The van der Waals surface area contributed by atoms with E-state index in [1.54, 1.807) is 29.7 Å². The molecule has 8 nitrogen and oxygen atoms in total. The minimum atomic E-state index is -0.179. The molecule has 3 heterocycles. The van der Waals surface area contributed by atoms with Gasteiger partial charge in [0.25, 0.3) is 0 Å². The number of anilines is 3. The van der Waals surface area contributed by atoms with Crippen molar-refractivity contribution in [3.63, 3.8) is 0 Å². The maximum atomic E-state index is 11.3. The molecule has 2 N–H and O–H groups in total. The van der Waals surface area contributed by atoms with Crippen molar-refractivity contribution >= 4 is 45.2 Å². The summed E-state index contributed by atoms with van der Waals surface area (Å²) in [4.78, 5) is 26.5. The summed E-state index contributed by atoms with van der Waals surface area (Å²) < 4.78 is 8.17. The van der Waals surface area contributed by atoms with Crippen LogP contribution in [0.4, 0.5) is 16.9 Å². The standard InChI is InChI=1S/C25H28N6O2S/c1-14-19(33-16-9-11-26-21(12-16)27-15(2)32)7-6-18-22(14)31(5)23(28-18)30-24-29-17-8-10-25(3,4)13-20(17)34-24/h6-7,9,11-12H,8,10,13H2,1-5H3,(H,26,27,32)(H,28,29,30). The largest absolute Gasteiger partial charge is 0.457 e. The summed E-state index contributed by atoms with van der Waals surface area (Å²) >= 11 is 1.73. The molecule has 1 aromatic carbocycles. The first kappa shape index (κ1) is 22.3. The lowest BCUT2D eigenvalue weighted by Gasteiger charge is -2.28. The number of hydrogen-bond donors (Lipinski definition) is 2. The Morgan fingerprint density at radius 1 is 1.24 bits per heavy atom. The van der Waals surface area contributed by atoms with Crippen molar-refractivity contribution < 1.29 is 9.53 Å². The Morgan fingerprint density at radius 3 is 2.85 bits per heavy atom. The van der Waals surface area contributed by atoms with E-state index >= 15 is 0 Å². The number of imidazole rings is 1. The molecule has 0 fully saturated rings. The predicted octanol–water partition coefficient (Wildman–Crippen LogP) is 5.74. The summed E-state index contributed by atoms with van der Waals surface area (Å²) in [6, 6.07) is 7.33. The second-order valence-electron chi connectivity index (χ2n) is 9.57. The smallest absolute Gasteiger partial charge is 0.222 e. The van der Waals surface area contributed by atoms with Gasteiger partial charge in [0.1, 0.15) is 17.3 Å². The molecule has 3 aromatic heterocycles. The Kier molecular flexibility index (Phi) is 5.51. The van der Waals surface area contributed by atoms with Crippen LogP contribution in [0.2, 0.25) is 0 Å². The molecular formula is C25H28N6O2S. The van der Waals surface area contributed by atoms with Gasteiger partial charge in [-0.05, 0) is 49.8 Å². The van der Waals surface area contributed by atoms with E-state index in [4.69, 9.17) is 14.7 Å². The van der Waals surface area contributed by atoms with E-state index in [2.05, 4.69) is 29.5 Å². The van der Waals surface area contributed by atoms with Gasteiger partial charge in [0.15, 0.2) is 5.13 Å². The average molecular weight is 477 g/mol. The number of nitrogens with zero attached hydrogens (tertiary/aromatic N) is 4. The third-order valence-electron chi connectivity index (χ3n) is 6.18. The normalized spacial score (nSPS) is 14.6. The van der Waals surface area contributed by atoms with E-state index in [1.807, 2.05) is 30.7 Å². The number of ether oxygens (including phenoxy) is 1. The van der Waals surface area contributed by atoms with Crippen molar-refractivity contribution in [3.8, 4) is 11.5 Å². The molecular weight excluding hydrogens is 448 g/mol. The van der Waals surface area contributed by atoms with Crippen LogP contribution in [0.25, 0.3) is 11.0 Å². The molecule has 0 saturated carbocycles. The van der Waals surface area contributed by atoms with Crippen molar-refractivity contribution in [1.29, 1.82) is 0 Å². The fourth-order valence-electron chi connectivity index (χ4n) is 4.39. The van der Waals surface area contributed by atoms with Crippen LogP contribution in [0, 0.1) is 12.3 Å². The lowest BCUT2D eigenvalue weighted by Crippen LogP contribution is -2.20. The Labute approximate surface area is 202 Å². The van der Waals surface area contributed by atoms with Gasteiger partial charge in [-0.3, -0.25) is 4.79 Å². The number of amides is 1. The van der Waals surface area contributed by atoms with E-state index in [-0.39, 0.29) is 5.91 Å². The van der Waals surface area contributed by atoms with Gasteiger partial charge < -0.3 is 19.9 Å². The van der Waals surface area contributed by atoms with Crippen molar-refractivity contribution in [3.05, 3.63) is 46.6 Å². The highest BCUT2D eigenvalue weighted by molar-refractivity contribution is 7.15. The zero-order valence-corrected chi connectivity index (χ0v) is 20.8. The number of fused-ring (bicyclic) bond motifs is 2. The number of nitrogens with one attached hydrogen (secondary N) is 2. The van der Waals surface area contributed by atoms with E-state index in [0.29, 0.717) is 22.7 Å². The summed E-state index contributed by atoms with van der Waals surface area (Å²) in [5.41, 5.74) is 4.39. The number of aromatic nitrogens is 4. The Morgan fingerprint density at radius 2 is 2.06 bits per heavy atom. The maximum absolute atomic E-state index is 11.3. The van der Waals surface area contributed by atoms with Gasteiger partial charge in [-0.25, -0.2) is 15.0 Å². The molecule has 4 aromatic rings. The number of carbonyl (C=O) groups is 1. The molecule has 0 radical (unpaired) electrons. The summed E-state index contributed by atoms with van der Waals surface area (Å²) in [6.45, 7) is 8.11. The zero-order chi connectivity index (χ0) is 24.0. The third kappa shape index (κ3) is 4.35. The van der Waals surface area contributed by atoms with Crippen molar-refractivity contribution in [1.82, 2.24) is 19.5 Å². The molecule has 1 aliphatic rings. The molecule has 34 heavy (non-hydrogen) atoms.